The molecule has 0 bridgehead atoms. The predicted octanol–water partition coefficient (Wildman–Crippen LogP) is 2.51. The van der Waals surface area contributed by atoms with Crippen molar-refractivity contribution in [2.24, 2.45) is 0 Å². The quantitative estimate of drug-likeness (QED) is 0.640. The first-order valence-electron chi connectivity index (χ1n) is 7.39. The number of carbonyl (C=O) groups excluding carboxylic acids is 1. The molecule has 1 fully saturated rings. The molecule has 0 spiro atoms. The Labute approximate surface area is 147 Å². The molecule has 0 radical (unpaired) electrons. The van der Waals surface area contributed by atoms with Crippen LogP contribution in [0.1, 0.15) is 12.8 Å². The molecule has 2 heterocycles. The zero-order valence-electron chi connectivity index (χ0n) is 12.9. The first-order valence-corrected chi connectivity index (χ1v) is 9.69. The highest BCUT2D eigenvalue weighted by atomic mass is 32.2. The van der Waals surface area contributed by atoms with Crippen LogP contribution >= 0.6 is 11.3 Å². The van der Waals surface area contributed by atoms with Gasteiger partial charge in [0, 0.05) is 25.2 Å². The van der Waals surface area contributed by atoms with Crippen LogP contribution < -0.4 is 5.32 Å². The Morgan fingerprint density at radius 3 is 2.48 bits per heavy atom. The molecule has 0 atom stereocenters. The number of urea groups is 1. The van der Waals surface area contributed by atoms with E-state index in [9.17, 15) is 23.3 Å². The highest BCUT2D eigenvalue weighted by molar-refractivity contribution is 7.93. The number of amides is 2. The summed E-state index contributed by atoms with van der Waals surface area (Å²) in [4.78, 5) is 27.6. The molecular weight excluding hydrogens is 368 g/mol. The van der Waals surface area contributed by atoms with Crippen molar-refractivity contribution in [2.75, 3.05) is 18.4 Å². The maximum Gasteiger partial charge on any atom is 0.323 e. The van der Waals surface area contributed by atoms with Gasteiger partial charge >= 0.3 is 6.03 Å². The van der Waals surface area contributed by atoms with E-state index in [4.69, 9.17) is 0 Å². The van der Waals surface area contributed by atoms with E-state index in [1.165, 1.54) is 18.3 Å². The van der Waals surface area contributed by atoms with E-state index in [1.54, 1.807) is 4.90 Å². The van der Waals surface area contributed by atoms with Gasteiger partial charge in [-0.15, -0.1) is 0 Å². The molecule has 11 heteroatoms. The number of nitrogens with zero attached hydrogens (tertiary/aromatic N) is 3. The summed E-state index contributed by atoms with van der Waals surface area (Å²) in [5, 5.41) is 13.4. The van der Waals surface area contributed by atoms with Gasteiger partial charge in [-0.3, -0.25) is 15.4 Å². The van der Waals surface area contributed by atoms with Gasteiger partial charge in [0.2, 0.25) is 9.84 Å². The van der Waals surface area contributed by atoms with E-state index in [0.29, 0.717) is 13.1 Å². The van der Waals surface area contributed by atoms with E-state index < -0.39 is 14.8 Å². The molecule has 1 aromatic carbocycles. The van der Waals surface area contributed by atoms with Gasteiger partial charge in [-0.25, -0.2) is 18.2 Å². The Bertz CT molecular complexity index is 902. The van der Waals surface area contributed by atoms with Crippen molar-refractivity contribution in [1.29, 1.82) is 0 Å². The van der Waals surface area contributed by atoms with E-state index >= 15 is 0 Å². The van der Waals surface area contributed by atoms with Crippen LogP contribution in [-0.2, 0) is 9.84 Å². The van der Waals surface area contributed by atoms with Crippen LogP contribution in [-0.4, -0.2) is 42.3 Å². The molecule has 0 aliphatic carbocycles. The molecule has 25 heavy (non-hydrogen) atoms. The van der Waals surface area contributed by atoms with E-state index in [0.717, 1.165) is 36.3 Å². The Hall–Kier alpha value is -2.53. The number of benzene rings is 1. The summed E-state index contributed by atoms with van der Waals surface area (Å²) in [6, 6.07) is 4.31. The van der Waals surface area contributed by atoms with E-state index in [1.807, 2.05) is 0 Å². The average Bonchev–Trinajstić information content (AvgIpc) is 3.26. The summed E-state index contributed by atoms with van der Waals surface area (Å²) < 4.78 is 25.1. The second kappa shape index (κ2) is 6.76. The number of anilines is 1. The number of nitro benzene ring substituents is 1. The fourth-order valence-electron chi connectivity index (χ4n) is 2.40. The Morgan fingerprint density at radius 1 is 1.24 bits per heavy atom. The van der Waals surface area contributed by atoms with Gasteiger partial charge in [-0.05, 0) is 25.0 Å². The van der Waals surface area contributed by atoms with Crippen molar-refractivity contribution in [2.45, 2.75) is 21.9 Å². The van der Waals surface area contributed by atoms with Crippen molar-refractivity contribution in [3.63, 3.8) is 0 Å². The smallest absolute Gasteiger partial charge is 0.323 e. The summed E-state index contributed by atoms with van der Waals surface area (Å²) >= 11 is 0.841. The van der Waals surface area contributed by atoms with Crippen LogP contribution in [0.5, 0.6) is 0 Å². The SMILES string of the molecule is O=C(Nc1ncc(S(=O)(=O)c2ccc([N+](=O)[O-])cc2)s1)N1CCCC1. The van der Waals surface area contributed by atoms with Gasteiger partial charge < -0.3 is 4.90 Å². The zero-order chi connectivity index (χ0) is 18.0. The van der Waals surface area contributed by atoms with E-state index in [2.05, 4.69) is 10.3 Å². The van der Waals surface area contributed by atoms with Gasteiger partial charge in [0.05, 0.1) is 16.0 Å². The molecular formula is C14H14N4O5S2. The number of aromatic nitrogens is 1. The normalized spacial score (nSPS) is 14.5. The number of hydrogen-bond donors (Lipinski definition) is 1. The van der Waals surface area contributed by atoms with Crippen molar-refractivity contribution in [3.05, 3.63) is 40.6 Å². The summed E-state index contributed by atoms with van der Waals surface area (Å²) in [6.45, 7) is 1.34. The summed E-state index contributed by atoms with van der Waals surface area (Å²) in [6.07, 6.45) is 3.07. The molecule has 3 rings (SSSR count). The van der Waals surface area contributed by atoms with E-state index in [-0.39, 0.29) is 26.0 Å². The molecule has 1 aliphatic rings. The van der Waals surface area contributed by atoms with Crippen LogP contribution in [0.3, 0.4) is 0 Å². The molecule has 132 valence electrons. The third-order valence-electron chi connectivity index (χ3n) is 3.71. The van der Waals surface area contributed by atoms with Crippen LogP contribution in [0, 0.1) is 10.1 Å². The summed E-state index contributed by atoms with van der Waals surface area (Å²) in [5.74, 6) is 0. The number of non-ortho nitro benzene ring substituents is 1. The van der Waals surface area contributed by atoms with Gasteiger partial charge in [-0.2, -0.15) is 0 Å². The van der Waals surface area contributed by atoms with Gasteiger partial charge in [0.25, 0.3) is 5.69 Å². The number of nitrogens with one attached hydrogen (secondary N) is 1. The number of nitro groups is 1. The summed E-state index contributed by atoms with van der Waals surface area (Å²) in [7, 11) is -3.85. The maximum atomic E-state index is 12.5. The number of rotatable bonds is 4. The topological polar surface area (TPSA) is 123 Å². The Morgan fingerprint density at radius 2 is 1.88 bits per heavy atom. The largest absolute Gasteiger partial charge is 0.324 e. The van der Waals surface area contributed by atoms with Crippen LogP contribution in [0.15, 0.2) is 39.6 Å². The number of sulfone groups is 1. The van der Waals surface area contributed by atoms with Crippen molar-refractivity contribution in [1.82, 2.24) is 9.88 Å². The van der Waals surface area contributed by atoms with Gasteiger partial charge in [0.15, 0.2) is 5.13 Å². The monoisotopic (exact) mass is 382 g/mol. The number of thiazole rings is 1. The molecule has 1 aromatic heterocycles. The lowest BCUT2D eigenvalue weighted by molar-refractivity contribution is -0.384. The van der Waals surface area contributed by atoms with Gasteiger partial charge in [-0.1, -0.05) is 11.3 Å². The van der Waals surface area contributed by atoms with Crippen molar-refractivity contribution in [3.8, 4) is 0 Å². The lowest BCUT2D eigenvalue weighted by Gasteiger charge is -2.14. The number of carbonyl (C=O) groups is 1. The fraction of sp³-hybridized carbons (Fsp3) is 0.286. The molecule has 9 nitrogen and oxygen atoms in total. The van der Waals surface area contributed by atoms with Gasteiger partial charge in [0.1, 0.15) is 4.21 Å². The fourth-order valence-corrected chi connectivity index (χ4v) is 4.82. The third-order valence-corrected chi connectivity index (χ3v) is 6.86. The minimum Gasteiger partial charge on any atom is -0.324 e. The summed E-state index contributed by atoms with van der Waals surface area (Å²) in [5.41, 5.74) is -0.193. The second-order valence-corrected chi connectivity index (χ2v) is 8.57. The molecule has 1 aliphatic heterocycles. The molecule has 2 amide bonds. The van der Waals surface area contributed by atoms with Crippen molar-refractivity contribution >= 4 is 38.0 Å². The van der Waals surface area contributed by atoms with Crippen LogP contribution in [0.25, 0.3) is 0 Å². The third kappa shape index (κ3) is 3.61. The minimum absolute atomic E-state index is 0.0434. The predicted molar refractivity (Wildman–Crippen MR) is 90.5 cm³/mol. The second-order valence-electron chi connectivity index (χ2n) is 5.36. The van der Waals surface area contributed by atoms with Crippen LogP contribution in [0.2, 0.25) is 0 Å². The first kappa shape index (κ1) is 17.3. The molecule has 1 saturated heterocycles. The first-order chi connectivity index (χ1) is 11.9. The molecule has 1 N–H and O–H groups in total. The Balaban J connectivity index is 1.78. The minimum atomic E-state index is -3.85. The van der Waals surface area contributed by atoms with Crippen LogP contribution in [0.4, 0.5) is 15.6 Å². The molecule has 2 aromatic rings. The lowest BCUT2D eigenvalue weighted by Crippen LogP contribution is -2.32. The number of likely N-dealkylation sites (tertiary alicyclic amines) is 1. The maximum absolute atomic E-state index is 12.5. The Kier molecular flexibility index (Phi) is 4.68. The lowest BCUT2D eigenvalue weighted by atomic mass is 10.3. The average molecular weight is 382 g/mol. The standard InChI is InChI=1S/C14H14N4O5S2/c19-14(17-7-1-2-8-17)16-13-15-9-12(24-13)25(22,23)11-5-3-10(4-6-11)18(20)21/h3-6,9H,1-2,7-8H2,(H,15,16,19). The van der Waals surface area contributed by atoms with Crippen molar-refractivity contribution < 1.29 is 18.1 Å². The zero-order valence-corrected chi connectivity index (χ0v) is 14.5. The molecule has 0 saturated carbocycles. The highest BCUT2D eigenvalue weighted by Gasteiger charge is 2.24. The molecule has 0 unspecified atom stereocenters. The highest BCUT2D eigenvalue weighted by Crippen LogP contribution is 2.29. The number of hydrogen-bond acceptors (Lipinski definition) is 7.